The number of nitrogens with one attached hydrogen (secondary N) is 2. The van der Waals surface area contributed by atoms with Crippen molar-refractivity contribution in [3.8, 4) is 0 Å². The molecule has 0 aliphatic carbocycles. The molecule has 6 heteroatoms. The number of amides is 1. The fraction of sp³-hybridized carbons (Fsp3) is 0.368. The van der Waals surface area contributed by atoms with Crippen molar-refractivity contribution >= 4 is 23.3 Å². The second kappa shape index (κ2) is 8.32. The predicted molar refractivity (Wildman–Crippen MR) is 101 cm³/mol. The molecule has 25 heavy (non-hydrogen) atoms. The summed E-state index contributed by atoms with van der Waals surface area (Å²) in [5.74, 6) is 0.695. The van der Waals surface area contributed by atoms with E-state index in [0.717, 1.165) is 43.4 Å². The van der Waals surface area contributed by atoms with E-state index in [4.69, 9.17) is 11.6 Å². The lowest BCUT2D eigenvalue weighted by Gasteiger charge is -2.29. The molecule has 0 radical (unpaired) electrons. The molecule has 1 aromatic carbocycles. The summed E-state index contributed by atoms with van der Waals surface area (Å²) in [6.45, 7) is 6.20. The number of benzene rings is 1. The van der Waals surface area contributed by atoms with Crippen LogP contribution in [0.5, 0.6) is 0 Å². The van der Waals surface area contributed by atoms with Crippen molar-refractivity contribution in [2.24, 2.45) is 0 Å². The van der Waals surface area contributed by atoms with Crippen LogP contribution in [0.15, 0.2) is 36.5 Å². The number of halogens is 1. The topological polar surface area (TPSA) is 57.3 Å². The summed E-state index contributed by atoms with van der Waals surface area (Å²) < 4.78 is 0. The number of nitrogens with zero attached hydrogens (tertiary/aromatic N) is 2. The van der Waals surface area contributed by atoms with Crippen molar-refractivity contribution in [1.29, 1.82) is 0 Å². The molecule has 0 fully saturated rings. The maximum absolute atomic E-state index is 11.7. The Morgan fingerprint density at radius 3 is 2.96 bits per heavy atom. The number of pyridine rings is 1. The Hall–Kier alpha value is -2.11. The van der Waals surface area contributed by atoms with Gasteiger partial charge in [-0.05, 0) is 42.7 Å². The molecule has 1 aliphatic rings. The lowest BCUT2D eigenvalue weighted by molar-refractivity contribution is 0.0955. The second-order valence-corrected chi connectivity index (χ2v) is 6.53. The van der Waals surface area contributed by atoms with Gasteiger partial charge in [0.25, 0.3) is 5.91 Å². The van der Waals surface area contributed by atoms with E-state index in [9.17, 15) is 4.79 Å². The largest absolute Gasteiger partial charge is 0.369 e. The van der Waals surface area contributed by atoms with Gasteiger partial charge >= 0.3 is 0 Å². The molecule has 0 spiro atoms. The number of carbonyl (C=O) groups is 1. The SMILES string of the molecule is CCNC(=O)c1ccc(NCCN2CCc3c(Cl)cccc3C2)nc1. The minimum absolute atomic E-state index is 0.0906. The van der Waals surface area contributed by atoms with Crippen LogP contribution in [-0.2, 0) is 13.0 Å². The lowest BCUT2D eigenvalue weighted by atomic mass is 10.00. The third kappa shape index (κ3) is 4.50. The van der Waals surface area contributed by atoms with Crippen molar-refractivity contribution in [1.82, 2.24) is 15.2 Å². The molecule has 0 saturated heterocycles. The van der Waals surface area contributed by atoms with E-state index >= 15 is 0 Å². The third-order valence-electron chi connectivity index (χ3n) is 4.39. The molecule has 132 valence electrons. The van der Waals surface area contributed by atoms with Crippen molar-refractivity contribution in [2.75, 3.05) is 31.5 Å². The fourth-order valence-corrected chi connectivity index (χ4v) is 3.34. The highest BCUT2D eigenvalue weighted by molar-refractivity contribution is 6.31. The van der Waals surface area contributed by atoms with Gasteiger partial charge in [-0.2, -0.15) is 0 Å². The maximum atomic E-state index is 11.7. The molecule has 1 amide bonds. The van der Waals surface area contributed by atoms with Gasteiger partial charge in [0.2, 0.25) is 0 Å². The second-order valence-electron chi connectivity index (χ2n) is 6.12. The summed E-state index contributed by atoms with van der Waals surface area (Å²) in [4.78, 5) is 18.4. The molecule has 0 atom stereocenters. The molecule has 1 aromatic heterocycles. The molecule has 2 N–H and O–H groups in total. The van der Waals surface area contributed by atoms with E-state index in [0.29, 0.717) is 12.1 Å². The molecule has 2 aromatic rings. The van der Waals surface area contributed by atoms with E-state index in [1.807, 2.05) is 25.1 Å². The number of fused-ring (bicyclic) bond motifs is 1. The maximum Gasteiger partial charge on any atom is 0.252 e. The Labute approximate surface area is 153 Å². The molecule has 2 heterocycles. The first kappa shape index (κ1) is 17.7. The summed E-state index contributed by atoms with van der Waals surface area (Å²) in [7, 11) is 0. The Morgan fingerprint density at radius 2 is 2.20 bits per heavy atom. The van der Waals surface area contributed by atoms with Gasteiger partial charge in [-0.1, -0.05) is 23.7 Å². The zero-order valence-electron chi connectivity index (χ0n) is 14.4. The van der Waals surface area contributed by atoms with Crippen LogP contribution in [0.3, 0.4) is 0 Å². The summed E-state index contributed by atoms with van der Waals surface area (Å²) in [5, 5.41) is 6.96. The normalized spacial score (nSPS) is 14.0. The summed E-state index contributed by atoms with van der Waals surface area (Å²) in [6.07, 6.45) is 2.60. The molecule has 0 unspecified atom stereocenters. The van der Waals surface area contributed by atoms with Crippen LogP contribution in [0, 0.1) is 0 Å². The van der Waals surface area contributed by atoms with E-state index in [1.54, 1.807) is 12.3 Å². The number of anilines is 1. The summed E-state index contributed by atoms with van der Waals surface area (Å²) in [6, 6.07) is 9.77. The highest BCUT2D eigenvalue weighted by Crippen LogP contribution is 2.25. The van der Waals surface area contributed by atoms with Gasteiger partial charge in [-0.15, -0.1) is 0 Å². The van der Waals surface area contributed by atoms with Crippen molar-refractivity contribution in [3.63, 3.8) is 0 Å². The Kier molecular flexibility index (Phi) is 5.89. The number of carbonyl (C=O) groups excluding carboxylic acids is 1. The molecule has 0 saturated carbocycles. The van der Waals surface area contributed by atoms with E-state index < -0.39 is 0 Å². The van der Waals surface area contributed by atoms with Gasteiger partial charge in [-0.3, -0.25) is 9.69 Å². The Bertz CT molecular complexity index is 733. The minimum Gasteiger partial charge on any atom is -0.369 e. The molecule has 0 bridgehead atoms. The first-order chi connectivity index (χ1) is 12.2. The highest BCUT2D eigenvalue weighted by atomic mass is 35.5. The van der Waals surface area contributed by atoms with Crippen LogP contribution in [0.1, 0.15) is 28.4 Å². The first-order valence-corrected chi connectivity index (χ1v) is 9.02. The number of rotatable bonds is 6. The third-order valence-corrected chi connectivity index (χ3v) is 4.74. The summed E-state index contributed by atoms with van der Waals surface area (Å²) >= 11 is 6.26. The van der Waals surface area contributed by atoms with Crippen molar-refractivity contribution < 1.29 is 4.79 Å². The highest BCUT2D eigenvalue weighted by Gasteiger charge is 2.17. The quantitative estimate of drug-likeness (QED) is 0.833. The van der Waals surface area contributed by atoms with Crippen LogP contribution in [0.4, 0.5) is 5.82 Å². The first-order valence-electron chi connectivity index (χ1n) is 8.64. The van der Waals surface area contributed by atoms with Gasteiger partial charge in [0.15, 0.2) is 0 Å². The summed E-state index contributed by atoms with van der Waals surface area (Å²) in [5.41, 5.74) is 3.19. The predicted octanol–water partition coefficient (Wildman–Crippen LogP) is 2.95. The minimum atomic E-state index is -0.0906. The Morgan fingerprint density at radius 1 is 1.32 bits per heavy atom. The average molecular weight is 359 g/mol. The van der Waals surface area contributed by atoms with Crippen LogP contribution in [-0.4, -0.2) is 42.0 Å². The molecule has 1 aliphatic heterocycles. The zero-order valence-corrected chi connectivity index (χ0v) is 15.1. The smallest absolute Gasteiger partial charge is 0.252 e. The average Bonchev–Trinajstić information content (AvgIpc) is 2.63. The monoisotopic (exact) mass is 358 g/mol. The van der Waals surface area contributed by atoms with Gasteiger partial charge in [-0.25, -0.2) is 4.98 Å². The number of hydrogen-bond donors (Lipinski definition) is 2. The zero-order chi connectivity index (χ0) is 17.6. The lowest BCUT2D eigenvalue weighted by Crippen LogP contribution is -2.34. The van der Waals surface area contributed by atoms with Gasteiger partial charge < -0.3 is 10.6 Å². The van der Waals surface area contributed by atoms with Gasteiger partial charge in [0.05, 0.1) is 5.56 Å². The van der Waals surface area contributed by atoms with Crippen LogP contribution in [0.2, 0.25) is 5.02 Å². The van der Waals surface area contributed by atoms with Crippen molar-refractivity contribution in [2.45, 2.75) is 19.9 Å². The van der Waals surface area contributed by atoms with Gasteiger partial charge in [0.1, 0.15) is 5.82 Å². The fourth-order valence-electron chi connectivity index (χ4n) is 3.05. The molecule has 5 nitrogen and oxygen atoms in total. The number of aromatic nitrogens is 1. The van der Waals surface area contributed by atoms with Gasteiger partial charge in [0, 0.05) is 43.9 Å². The van der Waals surface area contributed by atoms with Crippen LogP contribution in [0.25, 0.3) is 0 Å². The standard InChI is InChI=1S/C19H23ClN4O/c1-2-21-19(25)14-6-7-18(23-12-14)22-9-11-24-10-8-16-15(13-24)4-3-5-17(16)20/h3-7,12H,2,8-11,13H2,1H3,(H,21,25)(H,22,23). The number of hydrogen-bond acceptors (Lipinski definition) is 4. The molecule has 3 rings (SSSR count). The van der Waals surface area contributed by atoms with E-state index in [-0.39, 0.29) is 5.91 Å². The molecular formula is C19H23ClN4O. The van der Waals surface area contributed by atoms with Crippen LogP contribution < -0.4 is 10.6 Å². The van der Waals surface area contributed by atoms with E-state index in [1.165, 1.54) is 11.1 Å². The Balaban J connectivity index is 1.48. The van der Waals surface area contributed by atoms with Crippen LogP contribution >= 0.6 is 11.6 Å². The molecular weight excluding hydrogens is 336 g/mol. The van der Waals surface area contributed by atoms with Crippen molar-refractivity contribution in [3.05, 3.63) is 58.2 Å². The van der Waals surface area contributed by atoms with E-state index in [2.05, 4.69) is 26.6 Å².